The van der Waals surface area contributed by atoms with Gasteiger partial charge in [0, 0.05) is 30.9 Å². The molecule has 1 aromatic heterocycles. The Morgan fingerprint density at radius 3 is 3.00 bits per heavy atom. The molecule has 0 aliphatic carbocycles. The molecule has 2 aromatic rings. The van der Waals surface area contributed by atoms with Crippen LogP contribution in [0.4, 0.5) is 10.2 Å². The molecule has 1 atom stereocenters. The topological polar surface area (TPSA) is 52.0 Å². The number of benzene rings is 1. The lowest BCUT2D eigenvalue weighted by molar-refractivity contribution is 0.206. The molecule has 2 heterocycles. The minimum atomic E-state index is -0.154. The summed E-state index contributed by atoms with van der Waals surface area (Å²) >= 11 is 0. The van der Waals surface area contributed by atoms with Crippen LogP contribution in [0.3, 0.4) is 0 Å². The van der Waals surface area contributed by atoms with E-state index in [1.165, 1.54) is 6.07 Å². The second-order valence-electron chi connectivity index (χ2n) is 5.82. The van der Waals surface area contributed by atoms with Gasteiger partial charge in [-0.1, -0.05) is 18.2 Å². The second-order valence-corrected chi connectivity index (χ2v) is 5.82. The Bertz CT molecular complexity index is 710. The van der Waals surface area contributed by atoms with Gasteiger partial charge in [-0.05, 0) is 37.6 Å². The molecule has 118 valence electrons. The summed E-state index contributed by atoms with van der Waals surface area (Å²) in [5.41, 5.74) is 1.28. The third kappa shape index (κ3) is 3.85. The highest BCUT2D eigenvalue weighted by molar-refractivity contribution is 5.51. The SMILES string of the molecule is N#Cc1cccnc1NC1CCCN(Cc2ccccc2F)C1. The number of nitrogens with one attached hydrogen (secondary N) is 1. The molecule has 1 aliphatic heterocycles. The van der Waals surface area contributed by atoms with E-state index in [1.807, 2.05) is 12.1 Å². The second kappa shape index (κ2) is 7.21. The van der Waals surface area contributed by atoms with Gasteiger partial charge in [0.25, 0.3) is 0 Å². The van der Waals surface area contributed by atoms with Crippen molar-refractivity contribution in [3.63, 3.8) is 0 Å². The minimum Gasteiger partial charge on any atom is -0.365 e. The summed E-state index contributed by atoms with van der Waals surface area (Å²) in [6, 6.07) is 12.8. The Kier molecular flexibility index (Phi) is 4.84. The summed E-state index contributed by atoms with van der Waals surface area (Å²) in [6.45, 7) is 2.38. The summed E-state index contributed by atoms with van der Waals surface area (Å²) in [7, 11) is 0. The maximum Gasteiger partial charge on any atom is 0.144 e. The van der Waals surface area contributed by atoms with E-state index in [9.17, 15) is 4.39 Å². The first kappa shape index (κ1) is 15.4. The van der Waals surface area contributed by atoms with Crippen LogP contribution in [0.5, 0.6) is 0 Å². The Hall–Kier alpha value is -2.45. The van der Waals surface area contributed by atoms with Gasteiger partial charge >= 0.3 is 0 Å². The molecular formula is C18H19FN4. The third-order valence-electron chi connectivity index (χ3n) is 4.13. The van der Waals surface area contributed by atoms with Gasteiger partial charge in [0.1, 0.15) is 17.7 Å². The minimum absolute atomic E-state index is 0.154. The van der Waals surface area contributed by atoms with Crippen LogP contribution < -0.4 is 5.32 Å². The van der Waals surface area contributed by atoms with Crippen molar-refractivity contribution in [2.45, 2.75) is 25.4 Å². The molecule has 5 heteroatoms. The van der Waals surface area contributed by atoms with Crippen LogP contribution in [-0.4, -0.2) is 29.0 Å². The number of pyridine rings is 1. The number of aromatic nitrogens is 1. The molecule has 3 rings (SSSR count). The lowest BCUT2D eigenvalue weighted by atomic mass is 10.0. The molecule has 0 spiro atoms. The van der Waals surface area contributed by atoms with E-state index in [2.05, 4.69) is 21.3 Å². The maximum absolute atomic E-state index is 13.8. The van der Waals surface area contributed by atoms with E-state index in [0.717, 1.165) is 31.5 Å². The van der Waals surface area contributed by atoms with Crippen molar-refractivity contribution >= 4 is 5.82 Å². The molecule has 1 N–H and O–H groups in total. The Labute approximate surface area is 135 Å². The van der Waals surface area contributed by atoms with Crippen LogP contribution in [0.1, 0.15) is 24.0 Å². The number of nitrogens with zero attached hydrogens (tertiary/aromatic N) is 3. The molecular weight excluding hydrogens is 291 g/mol. The zero-order valence-electron chi connectivity index (χ0n) is 12.9. The van der Waals surface area contributed by atoms with Crippen LogP contribution in [-0.2, 0) is 6.54 Å². The van der Waals surface area contributed by atoms with Gasteiger partial charge in [0.2, 0.25) is 0 Å². The van der Waals surface area contributed by atoms with E-state index in [4.69, 9.17) is 5.26 Å². The van der Waals surface area contributed by atoms with Gasteiger partial charge in [-0.15, -0.1) is 0 Å². The monoisotopic (exact) mass is 310 g/mol. The van der Waals surface area contributed by atoms with Gasteiger partial charge in [0.05, 0.1) is 5.56 Å². The quantitative estimate of drug-likeness (QED) is 0.942. The fraction of sp³-hybridized carbons (Fsp3) is 0.333. The zero-order chi connectivity index (χ0) is 16.1. The third-order valence-corrected chi connectivity index (χ3v) is 4.13. The van der Waals surface area contributed by atoms with Gasteiger partial charge < -0.3 is 5.32 Å². The summed E-state index contributed by atoms with van der Waals surface area (Å²) < 4.78 is 13.8. The normalized spacial score (nSPS) is 18.3. The molecule has 0 bridgehead atoms. The number of anilines is 1. The van der Waals surface area contributed by atoms with Crippen molar-refractivity contribution in [2.24, 2.45) is 0 Å². The van der Waals surface area contributed by atoms with Crippen LogP contribution in [0.15, 0.2) is 42.6 Å². The average Bonchev–Trinajstić information content (AvgIpc) is 2.58. The van der Waals surface area contributed by atoms with Gasteiger partial charge in [-0.2, -0.15) is 5.26 Å². The van der Waals surface area contributed by atoms with Gasteiger partial charge in [0.15, 0.2) is 0 Å². The number of hydrogen-bond acceptors (Lipinski definition) is 4. The van der Waals surface area contributed by atoms with Gasteiger partial charge in [-0.3, -0.25) is 4.90 Å². The Balaban J connectivity index is 1.65. The summed E-state index contributed by atoms with van der Waals surface area (Å²) in [6.07, 6.45) is 3.75. The molecule has 0 saturated carbocycles. The lowest BCUT2D eigenvalue weighted by Crippen LogP contribution is -2.42. The zero-order valence-corrected chi connectivity index (χ0v) is 12.9. The van der Waals surface area contributed by atoms with Crippen molar-refractivity contribution < 1.29 is 4.39 Å². The van der Waals surface area contributed by atoms with Crippen LogP contribution in [0, 0.1) is 17.1 Å². The molecule has 1 fully saturated rings. The van der Waals surface area contributed by atoms with E-state index in [-0.39, 0.29) is 11.9 Å². The molecule has 23 heavy (non-hydrogen) atoms. The van der Waals surface area contributed by atoms with Crippen molar-refractivity contribution in [1.82, 2.24) is 9.88 Å². The summed E-state index contributed by atoms with van der Waals surface area (Å²) in [4.78, 5) is 6.50. The fourth-order valence-electron chi connectivity index (χ4n) is 2.99. The number of halogens is 1. The largest absolute Gasteiger partial charge is 0.365 e. The van der Waals surface area contributed by atoms with E-state index in [1.54, 1.807) is 24.4 Å². The molecule has 1 aromatic carbocycles. The highest BCUT2D eigenvalue weighted by Gasteiger charge is 2.21. The number of piperidine rings is 1. The smallest absolute Gasteiger partial charge is 0.144 e. The van der Waals surface area contributed by atoms with E-state index < -0.39 is 0 Å². The van der Waals surface area contributed by atoms with Crippen LogP contribution >= 0.6 is 0 Å². The maximum atomic E-state index is 13.8. The van der Waals surface area contributed by atoms with Crippen molar-refractivity contribution in [2.75, 3.05) is 18.4 Å². The highest BCUT2D eigenvalue weighted by atomic mass is 19.1. The van der Waals surface area contributed by atoms with E-state index in [0.29, 0.717) is 17.9 Å². The Morgan fingerprint density at radius 2 is 2.17 bits per heavy atom. The molecule has 4 nitrogen and oxygen atoms in total. The molecule has 1 saturated heterocycles. The first-order valence-electron chi connectivity index (χ1n) is 7.83. The summed E-state index contributed by atoms with van der Waals surface area (Å²) in [5.74, 6) is 0.479. The predicted octanol–water partition coefficient (Wildman–Crippen LogP) is 3.17. The molecule has 1 unspecified atom stereocenters. The van der Waals surface area contributed by atoms with Crippen LogP contribution in [0.2, 0.25) is 0 Å². The Morgan fingerprint density at radius 1 is 1.30 bits per heavy atom. The predicted molar refractivity (Wildman–Crippen MR) is 87.3 cm³/mol. The highest BCUT2D eigenvalue weighted by Crippen LogP contribution is 2.19. The number of hydrogen-bond donors (Lipinski definition) is 1. The van der Waals surface area contributed by atoms with Crippen LogP contribution in [0.25, 0.3) is 0 Å². The first-order valence-corrected chi connectivity index (χ1v) is 7.83. The molecule has 1 aliphatic rings. The fourth-order valence-corrected chi connectivity index (χ4v) is 2.99. The lowest BCUT2D eigenvalue weighted by Gasteiger charge is -2.33. The standard InChI is InChI=1S/C18H19FN4/c19-17-8-2-1-5-15(17)12-23-10-4-7-16(13-23)22-18-14(11-20)6-3-9-21-18/h1-3,5-6,8-9,16H,4,7,10,12-13H2,(H,21,22). The van der Waals surface area contributed by atoms with Crippen molar-refractivity contribution in [3.05, 3.63) is 59.5 Å². The molecule has 0 amide bonds. The van der Waals surface area contributed by atoms with E-state index >= 15 is 0 Å². The molecule has 0 radical (unpaired) electrons. The number of likely N-dealkylation sites (tertiary alicyclic amines) is 1. The average molecular weight is 310 g/mol. The first-order chi connectivity index (χ1) is 11.3. The summed E-state index contributed by atoms with van der Waals surface area (Å²) in [5, 5.41) is 12.5. The number of nitriles is 1. The van der Waals surface area contributed by atoms with Crippen molar-refractivity contribution in [1.29, 1.82) is 5.26 Å². The van der Waals surface area contributed by atoms with Crippen molar-refractivity contribution in [3.8, 4) is 6.07 Å². The number of rotatable bonds is 4. The van der Waals surface area contributed by atoms with Gasteiger partial charge in [-0.25, -0.2) is 9.37 Å².